The molecule has 1 heterocycles. The number of amides is 1. The molecule has 0 aromatic rings. The van der Waals surface area contributed by atoms with Crippen molar-refractivity contribution in [2.24, 2.45) is 0 Å². The summed E-state index contributed by atoms with van der Waals surface area (Å²) in [5.41, 5.74) is -0.422. The van der Waals surface area contributed by atoms with Crippen molar-refractivity contribution in [3.05, 3.63) is 0 Å². The summed E-state index contributed by atoms with van der Waals surface area (Å²) in [5.74, 6) is 0. The van der Waals surface area contributed by atoms with E-state index in [0.29, 0.717) is 0 Å². The van der Waals surface area contributed by atoms with Crippen LogP contribution in [0, 0.1) is 0 Å². The molecule has 1 aliphatic heterocycles. The first-order valence-corrected chi connectivity index (χ1v) is 9.30. The molecule has 5 nitrogen and oxygen atoms in total. The topological polar surface area (TPSA) is 44.8 Å². The minimum Gasteiger partial charge on any atom is -0.444 e. The number of carbonyl (C=O) groups excluding carboxylic acids is 1. The van der Waals surface area contributed by atoms with Crippen LogP contribution < -0.4 is 5.32 Å². The Hall–Kier alpha value is -0.810. The first kappa shape index (κ1) is 20.2. The number of carbonyl (C=O) groups is 1. The van der Waals surface area contributed by atoms with Crippen LogP contribution in [0.3, 0.4) is 0 Å². The monoisotopic (exact) mass is 327 g/mol. The molecule has 1 amide bonds. The number of likely N-dealkylation sites (N-methyl/N-ethyl adjacent to an activating group) is 1. The maximum Gasteiger partial charge on any atom is 0.410 e. The third kappa shape index (κ3) is 8.02. The Balaban J connectivity index is 2.38. The average molecular weight is 328 g/mol. The second kappa shape index (κ2) is 10.1. The molecule has 136 valence electrons. The molecule has 1 aliphatic rings. The first-order valence-electron chi connectivity index (χ1n) is 9.30. The number of rotatable bonds is 8. The lowest BCUT2D eigenvalue weighted by Gasteiger charge is -2.37. The molecule has 23 heavy (non-hydrogen) atoms. The standard InChI is InChI=1S/C18H37N3O2/c1-6-12-20(7-2)14-11-19-15-16-10-8-9-13-21(16)17(22)23-18(3,4)5/h16,19H,6-15H2,1-5H3. The smallest absolute Gasteiger partial charge is 0.410 e. The summed E-state index contributed by atoms with van der Waals surface area (Å²) in [7, 11) is 0. The van der Waals surface area contributed by atoms with E-state index in [9.17, 15) is 4.79 Å². The van der Waals surface area contributed by atoms with Gasteiger partial charge in [-0.25, -0.2) is 4.79 Å². The summed E-state index contributed by atoms with van der Waals surface area (Å²) in [6.07, 6.45) is 4.38. The molecule has 0 aliphatic carbocycles. The van der Waals surface area contributed by atoms with E-state index in [1.54, 1.807) is 0 Å². The molecule has 0 aromatic heterocycles. The van der Waals surface area contributed by atoms with Gasteiger partial charge in [-0.3, -0.25) is 0 Å². The van der Waals surface area contributed by atoms with E-state index >= 15 is 0 Å². The van der Waals surface area contributed by atoms with Crippen molar-refractivity contribution < 1.29 is 9.53 Å². The van der Waals surface area contributed by atoms with Crippen molar-refractivity contribution in [3.8, 4) is 0 Å². The van der Waals surface area contributed by atoms with E-state index in [-0.39, 0.29) is 12.1 Å². The normalized spacial score (nSPS) is 19.2. The minimum absolute atomic E-state index is 0.162. The van der Waals surface area contributed by atoms with Crippen molar-refractivity contribution in [1.82, 2.24) is 15.1 Å². The Morgan fingerprint density at radius 1 is 1.26 bits per heavy atom. The van der Waals surface area contributed by atoms with E-state index in [0.717, 1.165) is 52.1 Å². The molecular weight excluding hydrogens is 290 g/mol. The highest BCUT2D eigenvalue weighted by molar-refractivity contribution is 5.68. The van der Waals surface area contributed by atoms with Gasteiger partial charge in [-0.1, -0.05) is 13.8 Å². The van der Waals surface area contributed by atoms with Crippen molar-refractivity contribution in [2.75, 3.05) is 39.3 Å². The second-order valence-corrected chi connectivity index (χ2v) is 7.46. The highest BCUT2D eigenvalue weighted by Crippen LogP contribution is 2.20. The number of nitrogens with one attached hydrogen (secondary N) is 1. The summed E-state index contributed by atoms with van der Waals surface area (Å²) >= 11 is 0. The van der Waals surface area contributed by atoms with Gasteiger partial charge >= 0.3 is 6.09 Å². The van der Waals surface area contributed by atoms with Crippen molar-refractivity contribution in [3.63, 3.8) is 0 Å². The molecule has 0 saturated carbocycles. The highest BCUT2D eigenvalue weighted by atomic mass is 16.6. The lowest BCUT2D eigenvalue weighted by Crippen LogP contribution is -2.50. The van der Waals surface area contributed by atoms with Crippen LogP contribution in [-0.4, -0.2) is 66.8 Å². The number of piperidine rings is 1. The Morgan fingerprint density at radius 2 is 2.00 bits per heavy atom. The summed E-state index contributed by atoms with van der Waals surface area (Å²) < 4.78 is 5.55. The molecule has 0 aromatic carbocycles. The maximum absolute atomic E-state index is 12.4. The van der Waals surface area contributed by atoms with Gasteiger partial charge in [-0.2, -0.15) is 0 Å². The van der Waals surface area contributed by atoms with Crippen molar-refractivity contribution >= 4 is 6.09 Å². The summed E-state index contributed by atoms with van der Waals surface area (Å²) in [6, 6.07) is 0.264. The summed E-state index contributed by atoms with van der Waals surface area (Å²) in [4.78, 5) is 16.7. The largest absolute Gasteiger partial charge is 0.444 e. The third-order valence-corrected chi connectivity index (χ3v) is 4.23. The van der Waals surface area contributed by atoms with Crippen LogP contribution in [-0.2, 0) is 4.74 Å². The zero-order valence-electron chi connectivity index (χ0n) is 15.9. The van der Waals surface area contributed by atoms with Crippen molar-refractivity contribution in [1.29, 1.82) is 0 Å². The number of likely N-dealkylation sites (tertiary alicyclic amines) is 1. The molecule has 1 N–H and O–H groups in total. The van der Waals surface area contributed by atoms with Crippen LogP contribution in [0.25, 0.3) is 0 Å². The Morgan fingerprint density at radius 3 is 2.61 bits per heavy atom. The van der Waals surface area contributed by atoms with Gasteiger partial charge in [0.1, 0.15) is 5.60 Å². The van der Waals surface area contributed by atoms with Crippen LogP contribution >= 0.6 is 0 Å². The van der Waals surface area contributed by atoms with E-state index < -0.39 is 5.60 Å². The quantitative estimate of drug-likeness (QED) is 0.696. The SMILES string of the molecule is CCCN(CC)CCNCC1CCCCN1C(=O)OC(C)(C)C. The van der Waals surface area contributed by atoms with Crippen LogP contribution in [0.5, 0.6) is 0 Å². The minimum atomic E-state index is -0.422. The van der Waals surface area contributed by atoms with Gasteiger partial charge in [-0.05, 0) is 59.5 Å². The molecular formula is C18H37N3O2. The summed E-state index contributed by atoms with van der Waals surface area (Å²) in [6.45, 7) is 16.2. The highest BCUT2D eigenvalue weighted by Gasteiger charge is 2.30. The number of hydrogen-bond acceptors (Lipinski definition) is 4. The third-order valence-electron chi connectivity index (χ3n) is 4.23. The molecule has 0 spiro atoms. The molecule has 1 saturated heterocycles. The van der Waals surface area contributed by atoms with Gasteiger partial charge in [0, 0.05) is 32.2 Å². The Bertz CT molecular complexity index is 342. The van der Waals surface area contributed by atoms with Crippen LogP contribution in [0.15, 0.2) is 0 Å². The number of hydrogen-bond donors (Lipinski definition) is 1. The fraction of sp³-hybridized carbons (Fsp3) is 0.944. The van der Waals surface area contributed by atoms with Crippen LogP contribution in [0.1, 0.15) is 60.3 Å². The molecule has 1 fully saturated rings. The molecule has 5 heteroatoms. The van der Waals surface area contributed by atoms with Gasteiger partial charge in [0.15, 0.2) is 0 Å². The van der Waals surface area contributed by atoms with Crippen LogP contribution in [0.4, 0.5) is 4.79 Å². The summed E-state index contributed by atoms with van der Waals surface area (Å²) in [5, 5.41) is 3.53. The predicted molar refractivity (Wildman–Crippen MR) is 95.9 cm³/mol. The Kier molecular flexibility index (Phi) is 8.92. The molecule has 0 bridgehead atoms. The zero-order valence-corrected chi connectivity index (χ0v) is 15.9. The van der Waals surface area contributed by atoms with Gasteiger partial charge in [0.2, 0.25) is 0 Å². The van der Waals surface area contributed by atoms with Crippen LogP contribution in [0.2, 0.25) is 0 Å². The van der Waals surface area contributed by atoms with E-state index in [1.807, 2.05) is 25.7 Å². The molecule has 1 atom stereocenters. The van der Waals surface area contributed by atoms with Gasteiger partial charge in [0.05, 0.1) is 0 Å². The fourth-order valence-corrected chi connectivity index (χ4v) is 3.02. The zero-order chi connectivity index (χ0) is 17.3. The number of ether oxygens (including phenoxy) is 1. The van der Waals surface area contributed by atoms with E-state index in [4.69, 9.17) is 4.74 Å². The lowest BCUT2D eigenvalue weighted by atomic mass is 10.0. The molecule has 1 rings (SSSR count). The molecule has 0 radical (unpaired) electrons. The van der Waals surface area contributed by atoms with E-state index in [2.05, 4.69) is 24.1 Å². The predicted octanol–water partition coefficient (Wildman–Crippen LogP) is 3.10. The van der Waals surface area contributed by atoms with Gasteiger partial charge in [0.25, 0.3) is 0 Å². The fourth-order valence-electron chi connectivity index (χ4n) is 3.02. The van der Waals surface area contributed by atoms with Gasteiger partial charge < -0.3 is 19.9 Å². The molecule has 1 unspecified atom stereocenters. The number of nitrogens with zero attached hydrogens (tertiary/aromatic N) is 2. The maximum atomic E-state index is 12.4. The lowest BCUT2D eigenvalue weighted by molar-refractivity contribution is 0.00993. The van der Waals surface area contributed by atoms with Gasteiger partial charge in [-0.15, -0.1) is 0 Å². The van der Waals surface area contributed by atoms with E-state index in [1.165, 1.54) is 12.8 Å². The second-order valence-electron chi connectivity index (χ2n) is 7.46. The first-order chi connectivity index (χ1) is 10.9. The average Bonchev–Trinajstić information content (AvgIpc) is 2.49. The van der Waals surface area contributed by atoms with Crippen molar-refractivity contribution in [2.45, 2.75) is 71.9 Å². The Labute approximate surface area is 142 Å².